The fourth-order valence-electron chi connectivity index (χ4n) is 4.12. The van der Waals surface area contributed by atoms with E-state index in [4.69, 9.17) is 0 Å². The van der Waals surface area contributed by atoms with Crippen LogP contribution in [0.15, 0.2) is 54.4 Å². The first-order chi connectivity index (χ1) is 14.7. The molecule has 31 heavy (non-hydrogen) atoms. The number of anilines is 1. The van der Waals surface area contributed by atoms with Crippen LogP contribution in [-0.4, -0.2) is 53.5 Å². The fraction of sp³-hybridized carbons (Fsp3) is 0.409. The smallest absolute Gasteiger partial charge is 0.285 e. The molecule has 1 aromatic carbocycles. The summed E-state index contributed by atoms with van der Waals surface area (Å²) in [5.41, 5.74) is -0.185. The summed E-state index contributed by atoms with van der Waals surface area (Å²) in [5.74, 6) is 0.325. The molecule has 1 fully saturated rings. The normalized spacial score (nSPS) is 19.8. The summed E-state index contributed by atoms with van der Waals surface area (Å²) in [5, 5.41) is 11.4. The molecule has 3 heterocycles. The van der Waals surface area contributed by atoms with E-state index in [0.29, 0.717) is 5.56 Å². The van der Waals surface area contributed by atoms with E-state index in [0.717, 1.165) is 36.1 Å². The maximum Gasteiger partial charge on any atom is 0.285 e. The number of aromatic nitrogens is 2. The van der Waals surface area contributed by atoms with Crippen molar-refractivity contribution in [2.45, 2.75) is 45.2 Å². The van der Waals surface area contributed by atoms with E-state index in [1.807, 2.05) is 18.2 Å². The highest BCUT2D eigenvalue weighted by Gasteiger charge is 2.49. The number of hydrogen-bond donors (Lipinski definition) is 1. The van der Waals surface area contributed by atoms with Gasteiger partial charge in [0.2, 0.25) is 0 Å². The van der Waals surface area contributed by atoms with E-state index in [1.54, 1.807) is 51.2 Å². The van der Waals surface area contributed by atoms with Gasteiger partial charge >= 0.3 is 0 Å². The predicted octanol–water partition coefficient (Wildman–Crippen LogP) is 2.37. The first-order valence-corrected chi connectivity index (χ1v) is 11.8. The lowest BCUT2D eigenvalue weighted by Crippen LogP contribution is -2.48. The Morgan fingerprint density at radius 3 is 2.29 bits per heavy atom. The van der Waals surface area contributed by atoms with Crippen LogP contribution in [0, 0.1) is 0 Å². The quantitative estimate of drug-likeness (QED) is 0.778. The van der Waals surface area contributed by atoms with Gasteiger partial charge in [-0.05, 0) is 51.3 Å². The van der Waals surface area contributed by atoms with Crippen molar-refractivity contribution in [1.29, 1.82) is 0 Å². The molecule has 0 aliphatic carbocycles. The van der Waals surface area contributed by atoms with Gasteiger partial charge in [-0.1, -0.05) is 30.3 Å². The summed E-state index contributed by atoms with van der Waals surface area (Å²) in [6.45, 7) is 6.68. The molecule has 8 nitrogen and oxygen atoms in total. The Hall–Kier alpha value is -2.94. The molecular weight excluding hydrogens is 414 g/mol. The van der Waals surface area contributed by atoms with Crippen molar-refractivity contribution in [1.82, 2.24) is 19.8 Å². The van der Waals surface area contributed by atoms with Crippen molar-refractivity contribution in [3.05, 3.63) is 59.9 Å². The molecule has 164 valence electrons. The summed E-state index contributed by atoms with van der Waals surface area (Å²) in [7, 11) is -3.97. The molecule has 9 heteroatoms. The van der Waals surface area contributed by atoms with E-state index in [9.17, 15) is 13.2 Å². The maximum atomic E-state index is 13.4. The molecule has 2 aromatic rings. The fourth-order valence-corrected chi connectivity index (χ4v) is 6.17. The van der Waals surface area contributed by atoms with Crippen LogP contribution in [0.25, 0.3) is 4.91 Å². The van der Waals surface area contributed by atoms with Crippen LogP contribution in [0.4, 0.5) is 5.82 Å². The second-order valence-electron chi connectivity index (χ2n) is 8.80. The van der Waals surface area contributed by atoms with Crippen molar-refractivity contribution in [3.8, 4) is 0 Å². The predicted molar refractivity (Wildman–Crippen MR) is 119 cm³/mol. The van der Waals surface area contributed by atoms with Gasteiger partial charge in [-0.25, -0.2) is 12.7 Å². The standard InChI is InChI=1S/C22H27N5O3S/c1-22(2,3)27-21(28)19(20(31(27,29)30)16-8-5-4-6-9-16)24-17-11-14-26(15-12-17)18-10-7-13-23-25-18/h4-10,13,17,24H,11-12,14-15H2,1-3H3. The minimum absolute atomic E-state index is 0.0132. The molecule has 2 aliphatic rings. The minimum Gasteiger partial charge on any atom is -0.377 e. The Morgan fingerprint density at radius 2 is 1.71 bits per heavy atom. The van der Waals surface area contributed by atoms with Crippen LogP contribution >= 0.6 is 0 Å². The largest absolute Gasteiger partial charge is 0.377 e. The van der Waals surface area contributed by atoms with Crippen LogP contribution in [0.2, 0.25) is 0 Å². The molecule has 0 atom stereocenters. The first-order valence-electron chi connectivity index (χ1n) is 10.4. The second-order valence-corrected chi connectivity index (χ2v) is 10.5. The Balaban J connectivity index is 1.62. The molecule has 2 aliphatic heterocycles. The van der Waals surface area contributed by atoms with Crippen molar-refractivity contribution in [2.24, 2.45) is 0 Å². The van der Waals surface area contributed by atoms with Gasteiger partial charge in [0.15, 0.2) is 5.82 Å². The van der Waals surface area contributed by atoms with E-state index < -0.39 is 21.5 Å². The lowest BCUT2D eigenvalue weighted by molar-refractivity contribution is -0.125. The van der Waals surface area contributed by atoms with E-state index in [2.05, 4.69) is 20.4 Å². The van der Waals surface area contributed by atoms with E-state index >= 15 is 0 Å². The van der Waals surface area contributed by atoms with Gasteiger partial charge in [0, 0.05) is 25.3 Å². The zero-order valence-electron chi connectivity index (χ0n) is 17.9. The Kier molecular flexibility index (Phi) is 5.47. The SMILES string of the molecule is CC(C)(C)N1C(=O)C(NC2CCN(c3cccnn3)CC2)=C(c2ccccc2)S1(=O)=O. The van der Waals surface area contributed by atoms with Crippen LogP contribution < -0.4 is 10.2 Å². The zero-order chi connectivity index (χ0) is 22.2. The van der Waals surface area contributed by atoms with Gasteiger partial charge in [0.1, 0.15) is 10.6 Å². The molecular formula is C22H27N5O3S. The van der Waals surface area contributed by atoms with Gasteiger partial charge < -0.3 is 10.2 Å². The summed E-state index contributed by atoms with van der Waals surface area (Å²) in [6.07, 6.45) is 3.15. The minimum atomic E-state index is -3.97. The lowest BCUT2D eigenvalue weighted by Gasteiger charge is -2.34. The van der Waals surface area contributed by atoms with Crippen LogP contribution in [0.1, 0.15) is 39.2 Å². The monoisotopic (exact) mass is 441 g/mol. The number of piperidine rings is 1. The molecule has 4 rings (SSSR count). The van der Waals surface area contributed by atoms with Gasteiger partial charge in [0.05, 0.1) is 5.54 Å². The average Bonchev–Trinajstić information content (AvgIpc) is 2.94. The van der Waals surface area contributed by atoms with E-state index in [1.165, 1.54) is 0 Å². The average molecular weight is 442 g/mol. The highest BCUT2D eigenvalue weighted by atomic mass is 32.2. The van der Waals surface area contributed by atoms with Gasteiger partial charge in [-0.3, -0.25) is 4.79 Å². The molecule has 0 saturated carbocycles. The highest BCUT2D eigenvalue weighted by Crippen LogP contribution is 2.39. The molecule has 1 saturated heterocycles. The molecule has 0 radical (unpaired) electrons. The molecule has 0 spiro atoms. The third-order valence-corrected chi connectivity index (χ3v) is 7.64. The lowest BCUT2D eigenvalue weighted by atomic mass is 10.0. The highest BCUT2D eigenvalue weighted by molar-refractivity contribution is 7.99. The number of hydrogen-bond acceptors (Lipinski definition) is 7. The third-order valence-electron chi connectivity index (χ3n) is 5.49. The molecule has 1 aromatic heterocycles. The summed E-state index contributed by atoms with van der Waals surface area (Å²) < 4.78 is 27.8. The summed E-state index contributed by atoms with van der Waals surface area (Å²) in [6, 6.07) is 12.6. The second kappa shape index (κ2) is 7.96. The third kappa shape index (κ3) is 4.01. The first kappa shape index (κ1) is 21.3. The van der Waals surface area contributed by atoms with Gasteiger partial charge in [0.25, 0.3) is 15.9 Å². The van der Waals surface area contributed by atoms with Gasteiger partial charge in [-0.15, -0.1) is 5.10 Å². The summed E-state index contributed by atoms with van der Waals surface area (Å²) >= 11 is 0. The number of rotatable bonds is 4. The van der Waals surface area contributed by atoms with Gasteiger partial charge in [-0.2, -0.15) is 5.10 Å². The van der Waals surface area contributed by atoms with Crippen LogP contribution in [-0.2, 0) is 14.8 Å². The maximum absolute atomic E-state index is 13.4. The van der Waals surface area contributed by atoms with Crippen molar-refractivity contribution in [3.63, 3.8) is 0 Å². The van der Waals surface area contributed by atoms with E-state index in [-0.39, 0.29) is 16.6 Å². The van der Waals surface area contributed by atoms with Crippen LogP contribution in [0.5, 0.6) is 0 Å². The number of nitrogens with one attached hydrogen (secondary N) is 1. The summed E-state index contributed by atoms with van der Waals surface area (Å²) in [4.78, 5) is 15.5. The number of amides is 1. The Bertz CT molecular complexity index is 1090. The molecule has 1 N–H and O–H groups in total. The number of carbonyl (C=O) groups is 1. The van der Waals surface area contributed by atoms with Crippen molar-refractivity contribution < 1.29 is 13.2 Å². The molecule has 0 bridgehead atoms. The van der Waals surface area contributed by atoms with Crippen molar-refractivity contribution >= 4 is 26.7 Å². The zero-order valence-corrected chi connectivity index (χ0v) is 18.8. The number of nitrogens with zero attached hydrogens (tertiary/aromatic N) is 4. The molecule has 0 unspecified atom stereocenters. The number of benzene rings is 1. The van der Waals surface area contributed by atoms with Crippen molar-refractivity contribution in [2.75, 3.05) is 18.0 Å². The Morgan fingerprint density at radius 1 is 1.03 bits per heavy atom. The van der Waals surface area contributed by atoms with Crippen LogP contribution in [0.3, 0.4) is 0 Å². The number of sulfonamides is 1. The number of carbonyl (C=O) groups excluding carboxylic acids is 1. The topological polar surface area (TPSA) is 95.5 Å². The molecule has 1 amide bonds. The Labute approximate surface area is 183 Å².